The Morgan fingerprint density at radius 3 is 3.16 bits per heavy atom. The van der Waals surface area contributed by atoms with Gasteiger partial charge in [0.05, 0.1) is 6.54 Å². The van der Waals surface area contributed by atoms with Crippen molar-refractivity contribution in [3.63, 3.8) is 0 Å². The molecule has 1 atom stereocenters. The number of H-pyrrole nitrogens is 1. The molecule has 1 aliphatic heterocycles. The molecule has 19 heavy (non-hydrogen) atoms. The van der Waals surface area contributed by atoms with Crippen LogP contribution in [0.5, 0.6) is 0 Å². The number of rotatable bonds is 3. The van der Waals surface area contributed by atoms with Crippen LogP contribution >= 0.6 is 0 Å². The zero-order valence-electron chi connectivity index (χ0n) is 11.5. The summed E-state index contributed by atoms with van der Waals surface area (Å²) in [6.07, 6.45) is 6.31. The van der Waals surface area contributed by atoms with Crippen LogP contribution in [0.3, 0.4) is 0 Å². The Morgan fingerprint density at radius 1 is 1.42 bits per heavy atom. The first kappa shape index (κ1) is 12.4. The van der Waals surface area contributed by atoms with E-state index >= 15 is 0 Å². The van der Waals surface area contributed by atoms with Gasteiger partial charge < -0.3 is 4.98 Å². The van der Waals surface area contributed by atoms with Crippen molar-refractivity contribution in [2.75, 3.05) is 13.1 Å². The third-order valence-corrected chi connectivity index (χ3v) is 3.95. The minimum atomic E-state index is 0.670. The summed E-state index contributed by atoms with van der Waals surface area (Å²) in [7, 11) is 0. The molecule has 1 N–H and O–H groups in total. The number of hydrogen-bond acceptors (Lipinski definition) is 2. The van der Waals surface area contributed by atoms with E-state index in [0.717, 1.165) is 18.9 Å². The number of likely N-dealkylation sites (tertiary alicyclic amines) is 1. The molecule has 3 nitrogen and oxygen atoms in total. The molecule has 0 radical (unpaired) electrons. The number of nitrogens with one attached hydrogen (secondary N) is 1. The lowest BCUT2D eigenvalue weighted by Gasteiger charge is -2.32. The average molecular weight is 255 g/mol. The van der Waals surface area contributed by atoms with E-state index in [4.69, 9.17) is 0 Å². The normalized spacial score (nSPS) is 20.6. The smallest absolute Gasteiger partial charge is 0.120 e. The van der Waals surface area contributed by atoms with Crippen LogP contribution in [0.4, 0.5) is 0 Å². The molecule has 3 rings (SSSR count). The monoisotopic (exact) mass is 255 g/mol. The second kappa shape index (κ2) is 5.57. The van der Waals surface area contributed by atoms with Crippen LogP contribution in [0.2, 0.25) is 0 Å². The van der Waals surface area contributed by atoms with Crippen molar-refractivity contribution in [3.8, 4) is 0 Å². The van der Waals surface area contributed by atoms with Gasteiger partial charge in [-0.1, -0.05) is 29.8 Å². The van der Waals surface area contributed by atoms with Crippen LogP contribution < -0.4 is 0 Å². The summed E-state index contributed by atoms with van der Waals surface area (Å²) in [5.41, 5.74) is 2.85. The van der Waals surface area contributed by atoms with Crippen LogP contribution in [-0.2, 0) is 6.54 Å². The van der Waals surface area contributed by atoms with Gasteiger partial charge in [0, 0.05) is 18.9 Å². The highest BCUT2D eigenvalue weighted by molar-refractivity contribution is 5.26. The van der Waals surface area contributed by atoms with E-state index in [9.17, 15) is 0 Å². The Bertz CT molecular complexity index is 519. The standard InChI is InChI=1S/C16H21N3/c1-13-4-2-5-14(10-13)15-6-3-9-19(11-15)12-16-17-7-8-18-16/h2,4-5,7-8,10,15H,3,6,9,11-12H2,1H3,(H,17,18). The third kappa shape index (κ3) is 3.04. The maximum atomic E-state index is 4.33. The van der Waals surface area contributed by atoms with Crippen LogP contribution in [0.1, 0.15) is 35.7 Å². The molecular weight excluding hydrogens is 234 g/mol. The highest BCUT2D eigenvalue weighted by Gasteiger charge is 2.21. The zero-order chi connectivity index (χ0) is 13.1. The van der Waals surface area contributed by atoms with Gasteiger partial charge in [-0.05, 0) is 37.8 Å². The topological polar surface area (TPSA) is 31.9 Å². The second-order valence-electron chi connectivity index (χ2n) is 5.52. The van der Waals surface area contributed by atoms with Gasteiger partial charge >= 0.3 is 0 Å². The predicted molar refractivity (Wildman–Crippen MR) is 77.0 cm³/mol. The lowest BCUT2D eigenvalue weighted by Crippen LogP contribution is -2.34. The summed E-state index contributed by atoms with van der Waals surface area (Å²) < 4.78 is 0. The summed E-state index contributed by atoms with van der Waals surface area (Å²) >= 11 is 0. The molecule has 0 spiro atoms. The van der Waals surface area contributed by atoms with Gasteiger partial charge in [-0.25, -0.2) is 4.98 Å². The first-order valence-corrected chi connectivity index (χ1v) is 7.08. The Labute approximate surface area is 114 Å². The van der Waals surface area contributed by atoms with Crippen molar-refractivity contribution in [2.24, 2.45) is 0 Å². The van der Waals surface area contributed by atoms with Gasteiger partial charge in [0.2, 0.25) is 0 Å². The first-order chi connectivity index (χ1) is 9.31. The number of aromatic nitrogens is 2. The zero-order valence-corrected chi connectivity index (χ0v) is 11.5. The number of piperidine rings is 1. The van der Waals surface area contributed by atoms with Crippen molar-refractivity contribution in [1.82, 2.24) is 14.9 Å². The van der Waals surface area contributed by atoms with Crippen LogP contribution in [0.25, 0.3) is 0 Å². The van der Waals surface area contributed by atoms with Crippen LogP contribution in [0.15, 0.2) is 36.7 Å². The van der Waals surface area contributed by atoms with E-state index in [1.807, 2.05) is 12.4 Å². The summed E-state index contributed by atoms with van der Waals surface area (Å²) in [5, 5.41) is 0. The van der Waals surface area contributed by atoms with Crippen LogP contribution in [0, 0.1) is 6.92 Å². The molecule has 2 heterocycles. The minimum absolute atomic E-state index is 0.670. The molecule has 0 amide bonds. The van der Waals surface area contributed by atoms with E-state index in [1.165, 1.54) is 30.5 Å². The van der Waals surface area contributed by atoms with Gasteiger partial charge in [-0.2, -0.15) is 0 Å². The molecule has 3 heteroatoms. The highest BCUT2D eigenvalue weighted by Crippen LogP contribution is 2.27. The number of aromatic amines is 1. The maximum absolute atomic E-state index is 4.33. The number of imidazole rings is 1. The molecule has 2 aromatic rings. The van der Waals surface area contributed by atoms with Crippen LogP contribution in [-0.4, -0.2) is 28.0 Å². The number of hydrogen-bond donors (Lipinski definition) is 1. The predicted octanol–water partition coefficient (Wildman–Crippen LogP) is 3.10. The first-order valence-electron chi connectivity index (χ1n) is 7.08. The molecule has 1 unspecified atom stereocenters. The van der Waals surface area contributed by atoms with Crippen molar-refractivity contribution >= 4 is 0 Å². The Hall–Kier alpha value is -1.61. The van der Waals surface area contributed by atoms with Gasteiger partial charge in [-0.3, -0.25) is 4.90 Å². The molecule has 0 saturated carbocycles. The number of benzene rings is 1. The van der Waals surface area contributed by atoms with Crippen molar-refractivity contribution in [3.05, 3.63) is 53.6 Å². The third-order valence-electron chi connectivity index (χ3n) is 3.95. The average Bonchev–Trinajstić information content (AvgIpc) is 2.92. The minimum Gasteiger partial charge on any atom is -0.348 e. The lowest BCUT2D eigenvalue weighted by atomic mass is 9.90. The van der Waals surface area contributed by atoms with Gasteiger partial charge in [0.25, 0.3) is 0 Å². The van der Waals surface area contributed by atoms with Gasteiger partial charge in [0.1, 0.15) is 5.82 Å². The fourth-order valence-electron chi connectivity index (χ4n) is 2.99. The fraction of sp³-hybridized carbons (Fsp3) is 0.438. The maximum Gasteiger partial charge on any atom is 0.120 e. The summed E-state index contributed by atoms with van der Waals surface area (Å²) in [4.78, 5) is 10.0. The van der Waals surface area contributed by atoms with E-state index in [0.29, 0.717) is 5.92 Å². The molecule has 1 fully saturated rings. The summed E-state index contributed by atoms with van der Waals surface area (Å²) in [6, 6.07) is 8.96. The quantitative estimate of drug-likeness (QED) is 0.914. The lowest BCUT2D eigenvalue weighted by molar-refractivity contribution is 0.196. The van der Waals surface area contributed by atoms with Crippen molar-refractivity contribution in [2.45, 2.75) is 32.2 Å². The second-order valence-corrected chi connectivity index (χ2v) is 5.52. The van der Waals surface area contributed by atoms with Crippen molar-refractivity contribution in [1.29, 1.82) is 0 Å². The SMILES string of the molecule is Cc1cccc(C2CCCN(Cc3ncc[nH]3)C2)c1. The Morgan fingerprint density at radius 2 is 2.37 bits per heavy atom. The number of aryl methyl sites for hydroxylation is 1. The Balaban J connectivity index is 1.67. The molecule has 1 saturated heterocycles. The van der Waals surface area contributed by atoms with E-state index in [2.05, 4.69) is 46.1 Å². The fourth-order valence-corrected chi connectivity index (χ4v) is 2.99. The van der Waals surface area contributed by atoms with E-state index in [-0.39, 0.29) is 0 Å². The Kier molecular flexibility index (Phi) is 3.65. The molecule has 1 aliphatic rings. The number of nitrogens with zero attached hydrogens (tertiary/aromatic N) is 2. The molecule has 1 aromatic carbocycles. The van der Waals surface area contributed by atoms with E-state index in [1.54, 1.807) is 0 Å². The molecule has 100 valence electrons. The van der Waals surface area contributed by atoms with Gasteiger partial charge in [0.15, 0.2) is 0 Å². The summed E-state index contributed by atoms with van der Waals surface area (Å²) in [6.45, 7) is 5.44. The summed E-state index contributed by atoms with van der Waals surface area (Å²) in [5.74, 6) is 1.74. The molecule has 0 bridgehead atoms. The highest BCUT2D eigenvalue weighted by atomic mass is 15.2. The molecular formula is C16H21N3. The largest absolute Gasteiger partial charge is 0.348 e. The van der Waals surface area contributed by atoms with Crippen molar-refractivity contribution < 1.29 is 0 Å². The molecule has 0 aliphatic carbocycles. The van der Waals surface area contributed by atoms with E-state index < -0.39 is 0 Å². The van der Waals surface area contributed by atoms with Gasteiger partial charge in [-0.15, -0.1) is 0 Å². The molecule has 1 aromatic heterocycles.